The highest BCUT2D eigenvalue weighted by molar-refractivity contribution is 6.32. The molecule has 0 atom stereocenters. The maximum Gasteiger partial charge on any atom is 0.435 e. The minimum Gasteiger partial charge on any atom is -0.467 e. The number of para-hydroxylation sites is 1. The molecule has 2 heterocycles. The van der Waals surface area contributed by atoms with Gasteiger partial charge in [-0.2, -0.15) is 36.1 Å². The first-order valence-corrected chi connectivity index (χ1v) is 10.2. The molecule has 1 N–H and O–H groups in total. The first-order valence-electron chi connectivity index (χ1n) is 9.83. The first kappa shape index (κ1) is 25.1. The molecule has 0 unspecified atom stereocenters. The van der Waals surface area contributed by atoms with E-state index in [-0.39, 0.29) is 16.4 Å². The number of alkyl halides is 6. The quantitative estimate of drug-likeness (QED) is 0.264. The van der Waals surface area contributed by atoms with Gasteiger partial charge in [0.15, 0.2) is 12.3 Å². The summed E-state index contributed by atoms with van der Waals surface area (Å²) in [4.78, 5) is 23.9. The normalized spacial score (nSPS) is 12.1. The predicted octanol–water partition coefficient (Wildman–Crippen LogP) is 5.69. The molecule has 0 fully saturated rings. The van der Waals surface area contributed by atoms with E-state index in [4.69, 9.17) is 20.8 Å². The van der Waals surface area contributed by atoms with Crippen LogP contribution in [0, 0.1) is 0 Å². The number of benzene rings is 2. The van der Waals surface area contributed by atoms with E-state index in [2.05, 4.69) is 10.4 Å². The molecule has 4 rings (SSSR count). The van der Waals surface area contributed by atoms with E-state index in [1.54, 1.807) is 6.07 Å². The van der Waals surface area contributed by atoms with Crippen LogP contribution >= 0.6 is 11.6 Å². The summed E-state index contributed by atoms with van der Waals surface area (Å²) < 4.78 is 89.9. The van der Waals surface area contributed by atoms with Gasteiger partial charge in [-0.1, -0.05) is 23.7 Å². The van der Waals surface area contributed by atoms with E-state index >= 15 is 0 Å². The molecule has 0 saturated heterocycles. The van der Waals surface area contributed by atoms with Crippen LogP contribution in [0.5, 0.6) is 5.88 Å². The standard InChI is InChI=1S/C22H12ClF6N3O4/c23-14-3-1-2-4-15(14)32-19(9-17(31-32)22(27,28)29)35-10-18(33)30-11-5-6-12-13(21(24,25)26)8-20(34)36-16(12)7-11/h1-9H,10H2,(H,30,33). The molecule has 1 amide bonds. The number of hydrogen-bond donors (Lipinski definition) is 1. The molecule has 188 valence electrons. The number of ether oxygens (including phenoxy) is 1. The van der Waals surface area contributed by atoms with Crippen LogP contribution in [0.4, 0.5) is 32.0 Å². The van der Waals surface area contributed by atoms with Crippen LogP contribution in [0.1, 0.15) is 11.3 Å². The highest BCUT2D eigenvalue weighted by atomic mass is 35.5. The highest BCUT2D eigenvalue weighted by Crippen LogP contribution is 2.35. The van der Waals surface area contributed by atoms with Crippen molar-refractivity contribution >= 4 is 34.2 Å². The monoisotopic (exact) mass is 531 g/mol. The van der Waals surface area contributed by atoms with Crippen LogP contribution in [0.3, 0.4) is 0 Å². The van der Waals surface area contributed by atoms with Crippen molar-refractivity contribution in [2.24, 2.45) is 0 Å². The lowest BCUT2D eigenvalue weighted by Gasteiger charge is -2.12. The maximum absolute atomic E-state index is 13.2. The van der Waals surface area contributed by atoms with E-state index in [0.717, 1.165) is 22.9 Å². The minimum atomic E-state index is -4.81. The van der Waals surface area contributed by atoms with Crippen LogP contribution in [-0.4, -0.2) is 22.3 Å². The average Bonchev–Trinajstić information content (AvgIpc) is 3.21. The van der Waals surface area contributed by atoms with Crippen molar-refractivity contribution in [2.45, 2.75) is 12.4 Å². The number of carbonyl (C=O) groups excluding carboxylic acids is 1. The van der Waals surface area contributed by atoms with Crippen molar-refractivity contribution in [1.82, 2.24) is 9.78 Å². The second-order valence-electron chi connectivity index (χ2n) is 7.25. The molecule has 2 aromatic heterocycles. The molecule has 2 aromatic carbocycles. The molecule has 7 nitrogen and oxygen atoms in total. The lowest BCUT2D eigenvalue weighted by molar-refractivity contribution is -0.141. The fraction of sp³-hybridized carbons (Fsp3) is 0.136. The van der Waals surface area contributed by atoms with Gasteiger partial charge in [-0.15, -0.1) is 0 Å². The van der Waals surface area contributed by atoms with E-state index in [1.807, 2.05) is 0 Å². The molecule has 0 aliphatic carbocycles. The number of amides is 1. The summed E-state index contributed by atoms with van der Waals surface area (Å²) in [5, 5.41) is 5.43. The first-order chi connectivity index (χ1) is 16.8. The maximum atomic E-state index is 13.2. The molecule has 14 heteroatoms. The highest BCUT2D eigenvalue weighted by Gasteiger charge is 2.36. The Morgan fingerprint density at radius 2 is 1.75 bits per heavy atom. The van der Waals surface area contributed by atoms with Crippen LogP contribution in [0.15, 0.2) is 63.8 Å². The van der Waals surface area contributed by atoms with Crippen molar-refractivity contribution in [2.75, 3.05) is 11.9 Å². The fourth-order valence-electron chi connectivity index (χ4n) is 3.21. The Kier molecular flexibility index (Phi) is 6.43. The Morgan fingerprint density at radius 3 is 2.42 bits per heavy atom. The van der Waals surface area contributed by atoms with Crippen molar-refractivity contribution in [3.05, 3.63) is 81.3 Å². The lowest BCUT2D eigenvalue weighted by Crippen LogP contribution is -2.21. The largest absolute Gasteiger partial charge is 0.467 e. The number of halogens is 7. The minimum absolute atomic E-state index is 0.0471. The second-order valence-corrected chi connectivity index (χ2v) is 7.66. The topological polar surface area (TPSA) is 86.4 Å². The van der Waals surface area contributed by atoms with E-state index in [1.165, 1.54) is 18.2 Å². The van der Waals surface area contributed by atoms with Gasteiger partial charge in [0.2, 0.25) is 5.88 Å². The van der Waals surface area contributed by atoms with Gasteiger partial charge in [0.25, 0.3) is 5.91 Å². The zero-order chi connectivity index (χ0) is 26.3. The number of anilines is 1. The average molecular weight is 532 g/mol. The van der Waals surface area contributed by atoms with Gasteiger partial charge in [0.1, 0.15) is 5.58 Å². The third-order valence-corrected chi connectivity index (χ3v) is 5.05. The molecule has 4 aromatic rings. The van der Waals surface area contributed by atoms with Gasteiger partial charge in [-0.3, -0.25) is 4.79 Å². The summed E-state index contributed by atoms with van der Waals surface area (Å²) in [5.41, 5.74) is -4.15. The molecule has 0 aliphatic heterocycles. The number of nitrogens with one attached hydrogen (secondary N) is 1. The molecule has 0 spiro atoms. The van der Waals surface area contributed by atoms with Crippen LogP contribution in [-0.2, 0) is 17.1 Å². The van der Waals surface area contributed by atoms with E-state index in [9.17, 15) is 35.9 Å². The Balaban J connectivity index is 1.56. The van der Waals surface area contributed by atoms with Crippen molar-refractivity contribution in [1.29, 1.82) is 0 Å². The zero-order valence-corrected chi connectivity index (χ0v) is 18.3. The predicted molar refractivity (Wildman–Crippen MR) is 115 cm³/mol. The fourth-order valence-corrected chi connectivity index (χ4v) is 3.43. The Morgan fingerprint density at radius 1 is 1.03 bits per heavy atom. The van der Waals surface area contributed by atoms with Gasteiger partial charge < -0.3 is 14.5 Å². The van der Waals surface area contributed by atoms with E-state index in [0.29, 0.717) is 12.1 Å². The smallest absolute Gasteiger partial charge is 0.435 e. The summed E-state index contributed by atoms with van der Waals surface area (Å²) in [6.07, 6.45) is -9.62. The van der Waals surface area contributed by atoms with Crippen LogP contribution in [0.25, 0.3) is 16.7 Å². The molecule has 0 radical (unpaired) electrons. The van der Waals surface area contributed by atoms with Crippen LogP contribution in [0.2, 0.25) is 5.02 Å². The van der Waals surface area contributed by atoms with Gasteiger partial charge in [-0.05, 0) is 24.3 Å². The third kappa shape index (κ3) is 5.30. The molecule has 36 heavy (non-hydrogen) atoms. The summed E-state index contributed by atoms with van der Waals surface area (Å²) >= 11 is 6.04. The molecule has 0 aliphatic rings. The number of rotatable bonds is 5. The molecule has 0 saturated carbocycles. The third-order valence-electron chi connectivity index (χ3n) is 4.73. The van der Waals surface area contributed by atoms with Gasteiger partial charge >= 0.3 is 18.0 Å². The summed E-state index contributed by atoms with van der Waals surface area (Å²) in [7, 11) is 0. The van der Waals surface area contributed by atoms with Crippen molar-refractivity contribution < 1.29 is 40.3 Å². The van der Waals surface area contributed by atoms with Crippen molar-refractivity contribution in [3.63, 3.8) is 0 Å². The second kappa shape index (κ2) is 9.22. The van der Waals surface area contributed by atoms with Gasteiger partial charge in [0, 0.05) is 29.3 Å². The molecular formula is C22H12ClF6N3O4. The number of hydrogen-bond acceptors (Lipinski definition) is 5. The molecule has 0 bridgehead atoms. The SMILES string of the molecule is O=C(COc1cc(C(F)(F)F)nn1-c1ccccc1Cl)Nc1ccc2c(C(F)(F)F)cc(=O)oc2c1. The summed E-state index contributed by atoms with van der Waals surface area (Å²) in [6.45, 7) is -0.794. The Hall–Kier alpha value is -4.00. The van der Waals surface area contributed by atoms with E-state index < -0.39 is 58.6 Å². The molecular weight excluding hydrogens is 520 g/mol. The number of aromatic nitrogens is 2. The number of carbonyl (C=O) groups is 1. The Bertz CT molecular complexity index is 1510. The van der Waals surface area contributed by atoms with Crippen LogP contribution < -0.4 is 15.7 Å². The number of fused-ring (bicyclic) bond motifs is 1. The van der Waals surface area contributed by atoms with Gasteiger partial charge in [0.05, 0.1) is 16.3 Å². The van der Waals surface area contributed by atoms with Crippen molar-refractivity contribution in [3.8, 4) is 11.6 Å². The summed E-state index contributed by atoms with van der Waals surface area (Å²) in [5.74, 6) is -1.31. The number of nitrogens with zero attached hydrogens (tertiary/aromatic N) is 2. The van der Waals surface area contributed by atoms with Gasteiger partial charge in [-0.25, -0.2) is 4.79 Å². The lowest BCUT2D eigenvalue weighted by atomic mass is 10.1. The zero-order valence-electron chi connectivity index (χ0n) is 17.6. The summed E-state index contributed by atoms with van der Waals surface area (Å²) in [6, 6.07) is 9.90. The Labute approximate surface area is 201 Å².